The van der Waals surface area contributed by atoms with Gasteiger partial charge in [-0.3, -0.25) is 0 Å². The summed E-state index contributed by atoms with van der Waals surface area (Å²) in [4.78, 5) is 4.33. The molecule has 17 heavy (non-hydrogen) atoms. The topological polar surface area (TPSA) is 42.7 Å². The Hall–Kier alpha value is -1.84. The molecule has 1 aromatic heterocycles. The van der Waals surface area contributed by atoms with Crippen molar-refractivity contribution in [3.05, 3.63) is 41.2 Å². The summed E-state index contributed by atoms with van der Waals surface area (Å²) in [6.45, 7) is 5.88. The molecule has 0 spiro atoms. The Balaban J connectivity index is 1.86. The predicted octanol–water partition coefficient (Wildman–Crippen LogP) is 2.10. The van der Waals surface area contributed by atoms with E-state index in [4.69, 9.17) is 0 Å². The van der Waals surface area contributed by atoms with Crippen LogP contribution >= 0.6 is 0 Å². The minimum Gasteiger partial charge on any atom is -0.354 e. The van der Waals surface area contributed by atoms with Crippen LogP contribution in [-0.4, -0.2) is 21.3 Å². The highest BCUT2D eigenvalue weighted by Crippen LogP contribution is 2.24. The van der Waals surface area contributed by atoms with Gasteiger partial charge in [-0.1, -0.05) is 29.8 Å². The normalized spacial score (nSPS) is 18.6. The fourth-order valence-corrected chi connectivity index (χ4v) is 2.26. The second-order valence-electron chi connectivity index (χ2n) is 4.65. The van der Waals surface area contributed by atoms with Crippen LogP contribution in [0.2, 0.25) is 0 Å². The highest BCUT2D eigenvalue weighted by atomic mass is 15.4. The Morgan fingerprint density at radius 2 is 2.00 bits per heavy atom. The van der Waals surface area contributed by atoms with Gasteiger partial charge in [-0.25, -0.2) is 4.68 Å². The monoisotopic (exact) mass is 228 g/mol. The maximum Gasteiger partial charge on any atom is 0.221 e. The third-order valence-corrected chi connectivity index (χ3v) is 3.23. The second kappa shape index (κ2) is 3.87. The molecule has 4 nitrogen and oxygen atoms in total. The molecule has 2 heterocycles. The molecule has 0 radical (unpaired) electrons. The summed E-state index contributed by atoms with van der Waals surface area (Å²) in [6, 6.07) is 8.74. The third-order valence-electron chi connectivity index (χ3n) is 3.23. The molecule has 1 N–H and O–H groups in total. The lowest BCUT2D eigenvalue weighted by Crippen LogP contribution is -2.26. The first-order valence-corrected chi connectivity index (χ1v) is 5.94. The van der Waals surface area contributed by atoms with E-state index in [0.717, 1.165) is 24.9 Å². The van der Waals surface area contributed by atoms with Gasteiger partial charge < -0.3 is 5.32 Å². The summed E-state index contributed by atoms with van der Waals surface area (Å²) < 4.78 is 1.96. The fraction of sp³-hybridized carbons (Fsp3) is 0.385. The van der Waals surface area contributed by atoms with E-state index in [1.807, 2.05) is 11.6 Å². The molecule has 0 fully saturated rings. The van der Waals surface area contributed by atoms with Crippen molar-refractivity contribution < 1.29 is 0 Å². The molecule has 1 aliphatic rings. The molecule has 1 atom stereocenters. The van der Waals surface area contributed by atoms with Gasteiger partial charge in [0, 0.05) is 12.5 Å². The standard InChI is InChI=1S/C13H16N4/c1-9-3-5-11(6-4-9)12-7-14-13-15-10(2)16-17(13)8-12/h3-6,12H,7-8H2,1-2H3,(H,14,15,16). The molecule has 1 aromatic carbocycles. The molecule has 0 aliphatic carbocycles. The van der Waals surface area contributed by atoms with Gasteiger partial charge in [-0.05, 0) is 19.4 Å². The van der Waals surface area contributed by atoms with Gasteiger partial charge in [0.25, 0.3) is 0 Å². The van der Waals surface area contributed by atoms with E-state index in [0.29, 0.717) is 5.92 Å². The van der Waals surface area contributed by atoms with Crippen molar-refractivity contribution in [3.63, 3.8) is 0 Å². The van der Waals surface area contributed by atoms with E-state index in [9.17, 15) is 0 Å². The van der Waals surface area contributed by atoms with Gasteiger partial charge in [-0.2, -0.15) is 10.1 Å². The highest BCUT2D eigenvalue weighted by molar-refractivity contribution is 5.32. The van der Waals surface area contributed by atoms with E-state index in [2.05, 4.69) is 46.6 Å². The third kappa shape index (κ3) is 1.90. The number of anilines is 1. The molecule has 0 amide bonds. The van der Waals surface area contributed by atoms with Crippen LogP contribution in [0.5, 0.6) is 0 Å². The van der Waals surface area contributed by atoms with E-state index in [-0.39, 0.29) is 0 Å². The van der Waals surface area contributed by atoms with Crippen molar-refractivity contribution in [3.8, 4) is 0 Å². The molecule has 3 rings (SSSR count). The first kappa shape index (κ1) is 10.3. The molecule has 1 aliphatic heterocycles. The Morgan fingerprint density at radius 3 is 2.76 bits per heavy atom. The van der Waals surface area contributed by atoms with E-state index in [1.165, 1.54) is 11.1 Å². The van der Waals surface area contributed by atoms with Crippen molar-refractivity contribution in [2.45, 2.75) is 26.3 Å². The number of aromatic nitrogens is 3. The van der Waals surface area contributed by atoms with Crippen molar-refractivity contribution in [1.29, 1.82) is 0 Å². The van der Waals surface area contributed by atoms with Crippen LogP contribution in [0, 0.1) is 13.8 Å². The number of benzene rings is 1. The Kier molecular flexibility index (Phi) is 2.35. The number of rotatable bonds is 1. The van der Waals surface area contributed by atoms with Crippen molar-refractivity contribution >= 4 is 5.95 Å². The molecule has 1 unspecified atom stereocenters. The number of hydrogen-bond donors (Lipinski definition) is 1. The Bertz CT molecular complexity index is 527. The minimum absolute atomic E-state index is 0.476. The van der Waals surface area contributed by atoms with Crippen LogP contribution in [0.25, 0.3) is 0 Å². The van der Waals surface area contributed by atoms with Gasteiger partial charge in [0.15, 0.2) is 0 Å². The van der Waals surface area contributed by atoms with Gasteiger partial charge in [-0.15, -0.1) is 0 Å². The zero-order chi connectivity index (χ0) is 11.8. The summed E-state index contributed by atoms with van der Waals surface area (Å²) >= 11 is 0. The predicted molar refractivity (Wildman–Crippen MR) is 67.2 cm³/mol. The second-order valence-corrected chi connectivity index (χ2v) is 4.65. The summed E-state index contributed by atoms with van der Waals surface area (Å²) in [7, 11) is 0. The zero-order valence-electron chi connectivity index (χ0n) is 10.1. The molecule has 0 saturated heterocycles. The number of nitrogens with one attached hydrogen (secondary N) is 1. The molecular weight excluding hydrogens is 212 g/mol. The van der Waals surface area contributed by atoms with Crippen molar-refractivity contribution in [1.82, 2.24) is 14.8 Å². The van der Waals surface area contributed by atoms with Gasteiger partial charge in [0.2, 0.25) is 5.95 Å². The van der Waals surface area contributed by atoms with Gasteiger partial charge >= 0.3 is 0 Å². The lowest BCUT2D eigenvalue weighted by atomic mass is 9.97. The molecule has 4 heteroatoms. The highest BCUT2D eigenvalue weighted by Gasteiger charge is 2.21. The maximum absolute atomic E-state index is 4.39. The lowest BCUT2D eigenvalue weighted by Gasteiger charge is -2.24. The van der Waals surface area contributed by atoms with Crippen LogP contribution in [-0.2, 0) is 6.54 Å². The number of fused-ring (bicyclic) bond motifs is 1. The number of nitrogens with zero attached hydrogens (tertiary/aromatic N) is 3. The smallest absolute Gasteiger partial charge is 0.221 e. The van der Waals surface area contributed by atoms with Crippen LogP contribution in [0.4, 0.5) is 5.95 Å². The van der Waals surface area contributed by atoms with E-state index >= 15 is 0 Å². The van der Waals surface area contributed by atoms with Crippen LogP contribution in [0.15, 0.2) is 24.3 Å². The molecule has 0 bridgehead atoms. The zero-order valence-corrected chi connectivity index (χ0v) is 10.1. The van der Waals surface area contributed by atoms with E-state index in [1.54, 1.807) is 0 Å². The number of aryl methyl sites for hydroxylation is 2. The average Bonchev–Trinajstić information content (AvgIpc) is 2.69. The van der Waals surface area contributed by atoms with Gasteiger partial charge in [0.05, 0.1) is 6.54 Å². The average molecular weight is 228 g/mol. The Labute approximate surface area is 101 Å². The van der Waals surface area contributed by atoms with Crippen LogP contribution in [0.3, 0.4) is 0 Å². The first-order valence-electron chi connectivity index (χ1n) is 5.94. The van der Waals surface area contributed by atoms with Gasteiger partial charge in [0.1, 0.15) is 5.82 Å². The molecule has 88 valence electrons. The quantitative estimate of drug-likeness (QED) is 0.812. The van der Waals surface area contributed by atoms with Crippen LogP contribution < -0.4 is 5.32 Å². The summed E-state index contributed by atoms with van der Waals surface area (Å²) in [5.41, 5.74) is 2.66. The molecular formula is C13H16N4. The molecule has 0 saturated carbocycles. The largest absolute Gasteiger partial charge is 0.354 e. The maximum atomic E-state index is 4.39. The summed E-state index contributed by atoms with van der Waals surface area (Å²) in [5, 5.41) is 7.72. The fourth-order valence-electron chi connectivity index (χ4n) is 2.26. The van der Waals surface area contributed by atoms with Crippen molar-refractivity contribution in [2.75, 3.05) is 11.9 Å². The summed E-state index contributed by atoms with van der Waals surface area (Å²) in [5.74, 6) is 2.20. The minimum atomic E-state index is 0.476. The van der Waals surface area contributed by atoms with Crippen molar-refractivity contribution in [2.24, 2.45) is 0 Å². The van der Waals surface area contributed by atoms with Crippen LogP contribution in [0.1, 0.15) is 22.9 Å². The Morgan fingerprint density at radius 1 is 1.24 bits per heavy atom. The SMILES string of the molecule is Cc1ccc(C2CNc3nc(C)nn3C2)cc1. The lowest BCUT2D eigenvalue weighted by molar-refractivity contribution is 0.502. The number of hydrogen-bond acceptors (Lipinski definition) is 3. The molecule has 2 aromatic rings. The summed E-state index contributed by atoms with van der Waals surface area (Å²) in [6.07, 6.45) is 0. The first-order chi connectivity index (χ1) is 8.22. The van der Waals surface area contributed by atoms with E-state index < -0.39 is 0 Å².